The van der Waals surface area contributed by atoms with Gasteiger partial charge in [0.05, 0.1) is 6.04 Å². The molecule has 3 nitrogen and oxygen atoms in total. The van der Waals surface area contributed by atoms with Crippen molar-refractivity contribution in [3.05, 3.63) is 34.9 Å². The highest BCUT2D eigenvalue weighted by atomic mass is 35.5. The van der Waals surface area contributed by atoms with Crippen molar-refractivity contribution in [2.75, 3.05) is 6.54 Å². The van der Waals surface area contributed by atoms with Gasteiger partial charge in [0.2, 0.25) is 5.91 Å². The highest BCUT2D eigenvalue weighted by molar-refractivity contribution is 6.30. The Morgan fingerprint density at radius 3 is 2.47 bits per heavy atom. The van der Waals surface area contributed by atoms with Crippen molar-refractivity contribution in [3.8, 4) is 0 Å². The molecule has 1 aliphatic rings. The van der Waals surface area contributed by atoms with E-state index in [9.17, 15) is 4.79 Å². The summed E-state index contributed by atoms with van der Waals surface area (Å²) in [4.78, 5) is 14.4. The van der Waals surface area contributed by atoms with Gasteiger partial charge >= 0.3 is 0 Å². The summed E-state index contributed by atoms with van der Waals surface area (Å²) in [5.41, 5.74) is 1.09. The van der Waals surface area contributed by atoms with Gasteiger partial charge < -0.3 is 4.90 Å². The van der Waals surface area contributed by atoms with E-state index >= 15 is 0 Å². The summed E-state index contributed by atoms with van der Waals surface area (Å²) in [6.45, 7) is 7.02. The van der Waals surface area contributed by atoms with Crippen LogP contribution in [-0.2, 0) is 4.79 Å². The largest absolute Gasteiger partial charge is 0.322 e. The van der Waals surface area contributed by atoms with Gasteiger partial charge in [0.1, 0.15) is 6.17 Å². The third-order valence-electron chi connectivity index (χ3n) is 3.52. The molecule has 2 atom stereocenters. The van der Waals surface area contributed by atoms with Crippen molar-refractivity contribution in [2.45, 2.75) is 39.4 Å². The van der Waals surface area contributed by atoms with Crippen molar-refractivity contribution in [1.82, 2.24) is 10.2 Å². The zero-order valence-electron chi connectivity index (χ0n) is 11.7. The summed E-state index contributed by atoms with van der Waals surface area (Å²) in [6, 6.07) is 7.62. The first-order chi connectivity index (χ1) is 9.04. The van der Waals surface area contributed by atoms with Crippen LogP contribution in [0.1, 0.15) is 38.9 Å². The van der Waals surface area contributed by atoms with Crippen molar-refractivity contribution < 1.29 is 4.79 Å². The molecule has 19 heavy (non-hydrogen) atoms. The van der Waals surface area contributed by atoms with Gasteiger partial charge in [-0.2, -0.15) is 0 Å². The number of nitrogens with one attached hydrogen (secondary N) is 1. The molecule has 4 heteroatoms. The Kier molecular flexibility index (Phi) is 4.48. The Hall–Kier alpha value is -1.06. The second kappa shape index (κ2) is 5.93. The molecule has 0 aromatic heterocycles. The molecule has 1 aromatic rings. The second-order valence-corrected chi connectivity index (χ2v) is 5.81. The molecular weight excluding hydrogens is 260 g/mol. The highest BCUT2D eigenvalue weighted by Crippen LogP contribution is 2.28. The van der Waals surface area contributed by atoms with E-state index in [4.69, 9.17) is 11.6 Å². The number of halogens is 1. The van der Waals surface area contributed by atoms with E-state index in [1.807, 2.05) is 29.2 Å². The first-order valence-electron chi connectivity index (χ1n) is 6.86. The predicted octanol–water partition coefficient (Wildman–Crippen LogP) is 3.21. The first-order valence-corrected chi connectivity index (χ1v) is 7.24. The van der Waals surface area contributed by atoms with Crippen LogP contribution in [-0.4, -0.2) is 23.4 Å². The smallest absolute Gasteiger partial charge is 0.241 e. The molecule has 1 amide bonds. The van der Waals surface area contributed by atoms with E-state index < -0.39 is 0 Å². The number of amides is 1. The number of rotatable bonds is 4. The van der Waals surface area contributed by atoms with Crippen molar-refractivity contribution in [3.63, 3.8) is 0 Å². The maximum absolute atomic E-state index is 12.4. The van der Waals surface area contributed by atoms with Gasteiger partial charge in [0.15, 0.2) is 0 Å². The highest BCUT2D eigenvalue weighted by Gasteiger charge is 2.40. The van der Waals surface area contributed by atoms with Gasteiger partial charge in [-0.15, -0.1) is 0 Å². The average Bonchev–Trinajstić information content (AvgIpc) is 2.69. The number of benzene rings is 1. The van der Waals surface area contributed by atoms with E-state index in [2.05, 4.69) is 26.1 Å². The van der Waals surface area contributed by atoms with Crippen LogP contribution in [0.4, 0.5) is 0 Å². The number of nitrogens with zero attached hydrogens (tertiary/aromatic N) is 1. The topological polar surface area (TPSA) is 32.3 Å². The zero-order valence-corrected chi connectivity index (χ0v) is 12.4. The van der Waals surface area contributed by atoms with Crippen LogP contribution < -0.4 is 5.32 Å². The lowest BCUT2D eigenvalue weighted by Gasteiger charge is -2.24. The standard InChI is InChI=1S/C15H21ClN2O/c1-4-9-18-14(11-5-7-12(16)8-6-11)17-13(10(2)3)15(18)19/h5-8,10,13-14,17H,4,9H2,1-3H3. The van der Waals surface area contributed by atoms with Crippen LogP contribution in [0.15, 0.2) is 24.3 Å². The van der Waals surface area contributed by atoms with Gasteiger partial charge in [-0.1, -0.05) is 44.5 Å². The summed E-state index contributed by atoms with van der Waals surface area (Å²) in [5, 5.41) is 4.16. The fraction of sp³-hybridized carbons (Fsp3) is 0.533. The molecule has 1 saturated heterocycles. The van der Waals surface area contributed by atoms with Crippen LogP contribution >= 0.6 is 11.6 Å². The molecule has 2 rings (SSSR count). The Morgan fingerprint density at radius 2 is 1.95 bits per heavy atom. The molecule has 1 N–H and O–H groups in total. The van der Waals surface area contributed by atoms with E-state index in [1.54, 1.807) is 0 Å². The Bertz CT molecular complexity index is 444. The van der Waals surface area contributed by atoms with Crippen LogP contribution in [0.5, 0.6) is 0 Å². The van der Waals surface area contributed by atoms with Crippen LogP contribution in [0.2, 0.25) is 5.02 Å². The lowest BCUT2D eigenvalue weighted by atomic mass is 10.1. The molecule has 2 unspecified atom stereocenters. The van der Waals surface area contributed by atoms with Crippen molar-refractivity contribution in [2.24, 2.45) is 5.92 Å². The van der Waals surface area contributed by atoms with Crippen LogP contribution in [0, 0.1) is 5.92 Å². The minimum atomic E-state index is -0.0905. The molecule has 1 heterocycles. The normalized spacial score (nSPS) is 23.4. The summed E-state index contributed by atoms with van der Waals surface area (Å²) >= 11 is 5.92. The van der Waals surface area contributed by atoms with Crippen LogP contribution in [0.3, 0.4) is 0 Å². The van der Waals surface area contributed by atoms with Gasteiger partial charge in [0, 0.05) is 11.6 Å². The molecular formula is C15H21ClN2O. The molecule has 0 aliphatic carbocycles. The molecule has 0 saturated carbocycles. The minimum Gasteiger partial charge on any atom is -0.322 e. The summed E-state index contributed by atoms with van der Waals surface area (Å²) in [6.07, 6.45) is 0.930. The fourth-order valence-electron chi connectivity index (χ4n) is 2.52. The van der Waals surface area contributed by atoms with E-state index in [0.717, 1.165) is 23.6 Å². The molecule has 0 spiro atoms. The van der Waals surface area contributed by atoms with Crippen molar-refractivity contribution in [1.29, 1.82) is 0 Å². The lowest BCUT2D eigenvalue weighted by Crippen LogP contribution is -2.34. The summed E-state index contributed by atoms with van der Waals surface area (Å²) in [7, 11) is 0. The quantitative estimate of drug-likeness (QED) is 0.919. The number of hydrogen-bond donors (Lipinski definition) is 1. The minimum absolute atomic E-state index is 0.0304. The third kappa shape index (κ3) is 2.93. The summed E-state index contributed by atoms with van der Waals surface area (Å²) < 4.78 is 0. The first kappa shape index (κ1) is 14.4. The zero-order chi connectivity index (χ0) is 14.0. The maximum atomic E-state index is 12.4. The van der Waals surface area contributed by atoms with Crippen LogP contribution in [0.25, 0.3) is 0 Å². The van der Waals surface area contributed by atoms with Gasteiger partial charge in [-0.3, -0.25) is 10.1 Å². The number of carbonyl (C=O) groups is 1. The van der Waals surface area contributed by atoms with E-state index in [1.165, 1.54) is 0 Å². The van der Waals surface area contributed by atoms with E-state index in [0.29, 0.717) is 5.92 Å². The number of hydrogen-bond acceptors (Lipinski definition) is 2. The molecule has 1 aliphatic heterocycles. The Balaban J connectivity index is 2.27. The second-order valence-electron chi connectivity index (χ2n) is 5.37. The Labute approximate surface area is 119 Å². The molecule has 104 valence electrons. The predicted molar refractivity (Wildman–Crippen MR) is 78.0 cm³/mol. The molecule has 1 fully saturated rings. The SMILES string of the molecule is CCCN1C(=O)C(C(C)C)NC1c1ccc(Cl)cc1. The fourth-order valence-corrected chi connectivity index (χ4v) is 2.64. The molecule has 0 bridgehead atoms. The van der Waals surface area contributed by atoms with Gasteiger partial charge in [-0.05, 0) is 30.0 Å². The van der Waals surface area contributed by atoms with Gasteiger partial charge in [-0.25, -0.2) is 0 Å². The van der Waals surface area contributed by atoms with E-state index in [-0.39, 0.29) is 18.1 Å². The number of carbonyl (C=O) groups excluding carboxylic acids is 1. The maximum Gasteiger partial charge on any atom is 0.241 e. The van der Waals surface area contributed by atoms with Gasteiger partial charge in [0.25, 0.3) is 0 Å². The average molecular weight is 281 g/mol. The Morgan fingerprint density at radius 1 is 1.32 bits per heavy atom. The lowest BCUT2D eigenvalue weighted by molar-refractivity contribution is -0.130. The molecule has 1 aromatic carbocycles. The monoisotopic (exact) mass is 280 g/mol. The summed E-state index contributed by atoms with van der Waals surface area (Å²) in [5.74, 6) is 0.501. The molecule has 0 radical (unpaired) electrons. The third-order valence-corrected chi connectivity index (χ3v) is 3.77. The van der Waals surface area contributed by atoms with Crippen molar-refractivity contribution >= 4 is 17.5 Å².